The van der Waals surface area contributed by atoms with E-state index >= 15 is 0 Å². The van der Waals surface area contributed by atoms with Crippen LogP contribution in [0, 0.1) is 0 Å². The fraction of sp³-hybridized carbons (Fsp3) is 0.125. The second kappa shape index (κ2) is 7.05. The van der Waals surface area contributed by atoms with Gasteiger partial charge in [0.15, 0.2) is 11.6 Å². The number of hydrogen-bond acceptors (Lipinski definition) is 7. The first-order valence-electron chi connectivity index (χ1n) is 6.95. The molecule has 3 rings (SSSR count). The molecular weight excluding hydrogens is 332 g/mol. The Morgan fingerprint density at radius 3 is 2.83 bits per heavy atom. The van der Waals surface area contributed by atoms with E-state index in [9.17, 15) is 14.4 Å². The molecule has 1 aromatic carbocycles. The molecule has 0 spiro atoms. The monoisotopic (exact) mass is 344 g/mol. The number of hydrogen-bond donors (Lipinski definition) is 0. The lowest BCUT2D eigenvalue weighted by molar-refractivity contribution is -0.147. The van der Waals surface area contributed by atoms with Gasteiger partial charge in [0.25, 0.3) is 5.56 Å². The van der Waals surface area contributed by atoms with Crippen LogP contribution in [0.4, 0.5) is 0 Å². The predicted molar refractivity (Wildman–Crippen MR) is 86.5 cm³/mol. The van der Waals surface area contributed by atoms with Gasteiger partial charge in [-0.3, -0.25) is 14.0 Å². The lowest BCUT2D eigenvalue weighted by atomic mass is 10.2. The SMILES string of the molecule is O=Cc1ccc(OCC(=O)OCc2cc(=O)n3ccsc3n2)cc1. The normalized spacial score (nSPS) is 10.5. The maximum atomic E-state index is 11.8. The van der Waals surface area contributed by atoms with Crippen LogP contribution in [0.2, 0.25) is 0 Å². The molecular formula is C16H12N2O5S. The quantitative estimate of drug-likeness (QED) is 0.499. The molecule has 0 aliphatic carbocycles. The number of aromatic nitrogens is 2. The smallest absolute Gasteiger partial charge is 0.344 e. The summed E-state index contributed by atoms with van der Waals surface area (Å²) >= 11 is 1.32. The number of carbonyl (C=O) groups is 2. The second-order valence-corrected chi connectivity index (χ2v) is 5.65. The topological polar surface area (TPSA) is 87.0 Å². The van der Waals surface area contributed by atoms with Crippen molar-refractivity contribution < 1.29 is 19.1 Å². The summed E-state index contributed by atoms with van der Waals surface area (Å²) < 4.78 is 11.7. The molecule has 0 N–H and O–H groups in total. The summed E-state index contributed by atoms with van der Waals surface area (Å²) in [4.78, 5) is 38.8. The van der Waals surface area contributed by atoms with Gasteiger partial charge in [-0.15, -0.1) is 11.3 Å². The zero-order chi connectivity index (χ0) is 16.9. The van der Waals surface area contributed by atoms with Crippen molar-refractivity contribution in [3.05, 3.63) is 63.5 Å². The molecule has 2 aromatic heterocycles. The van der Waals surface area contributed by atoms with Crippen LogP contribution in [-0.4, -0.2) is 28.2 Å². The largest absolute Gasteiger partial charge is 0.482 e. The molecule has 0 fully saturated rings. The van der Waals surface area contributed by atoms with Gasteiger partial charge in [-0.25, -0.2) is 9.78 Å². The predicted octanol–water partition coefficient (Wildman–Crippen LogP) is 1.69. The zero-order valence-electron chi connectivity index (χ0n) is 12.4. The Labute approximate surface area is 140 Å². The first-order chi connectivity index (χ1) is 11.7. The van der Waals surface area contributed by atoms with E-state index in [4.69, 9.17) is 9.47 Å². The van der Waals surface area contributed by atoms with Crippen LogP contribution in [0.5, 0.6) is 5.75 Å². The highest BCUT2D eigenvalue weighted by Crippen LogP contribution is 2.11. The molecule has 122 valence electrons. The number of thiazole rings is 1. The molecule has 0 aliphatic rings. The Morgan fingerprint density at radius 1 is 1.29 bits per heavy atom. The van der Waals surface area contributed by atoms with Crippen molar-refractivity contribution in [1.29, 1.82) is 0 Å². The number of rotatable bonds is 6. The van der Waals surface area contributed by atoms with E-state index < -0.39 is 5.97 Å². The van der Waals surface area contributed by atoms with Crippen molar-refractivity contribution in [3.63, 3.8) is 0 Å². The molecule has 0 unspecified atom stereocenters. The van der Waals surface area contributed by atoms with Crippen LogP contribution in [-0.2, 0) is 16.1 Å². The third kappa shape index (κ3) is 3.66. The summed E-state index contributed by atoms with van der Waals surface area (Å²) in [5.41, 5.74) is 0.677. The Kier molecular flexibility index (Phi) is 4.66. The number of ether oxygens (including phenoxy) is 2. The molecule has 7 nitrogen and oxygen atoms in total. The fourth-order valence-corrected chi connectivity index (χ4v) is 2.68. The van der Waals surface area contributed by atoms with Crippen molar-refractivity contribution in [2.24, 2.45) is 0 Å². The van der Waals surface area contributed by atoms with Gasteiger partial charge in [0.2, 0.25) is 0 Å². The summed E-state index contributed by atoms with van der Waals surface area (Å²) in [5.74, 6) is -0.128. The highest BCUT2D eigenvalue weighted by molar-refractivity contribution is 7.15. The van der Waals surface area contributed by atoms with Crippen molar-refractivity contribution in [2.45, 2.75) is 6.61 Å². The van der Waals surface area contributed by atoms with Gasteiger partial charge in [-0.1, -0.05) is 0 Å². The van der Waals surface area contributed by atoms with E-state index in [1.807, 2.05) is 0 Å². The van der Waals surface area contributed by atoms with Gasteiger partial charge in [0, 0.05) is 23.2 Å². The molecule has 2 heterocycles. The van der Waals surface area contributed by atoms with Crippen molar-refractivity contribution in [2.75, 3.05) is 6.61 Å². The lowest BCUT2D eigenvalue weighted by Gasteiger charge is -2.07. The second-order valence-electron chi connectivity index (χ2n) is 4.78. The Bertz CT molecular complexity index is 930. The summed E-state index contributed by atoms with van der Waals surface area (Å²) in [6, 6.07) is 7.67. The molecule has 0 amide bonds. The number of aldehydes is 1. The molecule has 3 aromatic rings. The van der Waals surface area contributed by atoms with Crippen LogP contribution in [0.25, 0.3) is 4.96 Å². The fourth-order valence-electron chi connectivity index (χ4n) is 1.94. The first-order valence-corrected chi connectivity index (χ1v) is 7.83. The molecule has 0 atom stereocenters. The summed E-state index contributed by atoms with van der Waals surface area (Å²) in [5, 5.41) is 1.75. The maximum absolute atomic E-state index is 11.8. The average molecular weight is 344 g/mol. The minimum absolute atomic E-state index is 0.101. The minimum Gasteiger partial charge on any atom is -0.482 e. The summed E-state index contributed by atoms with van der Waals surface area (Å²) in [7, 11) is 0. The highest BCUT2D eigenvalue weighted by Gasteiger charge is 2.08. The van der Waals surface area contributed by atoms with E-state index in [2.05, 4.69) is 4.98 Å². The molecule has 0 aliphatic heterocycles. The molecule has 0 saturated heterocycles. The van der Waals surface area contributed by atoms with Crippen LogP contribution >= 0.6 is 11.3 Å². The number of esters is 1. The van der Waals surface area contributed by atoms with Gasteiger partial charge in [-0.2, -0.15) is 0 Å². The molecule has 0 radical (unpaired) electrons. The van der Waals surface area contributed by atoms with E-state index in [1.165, 1.54) is 21.8 Å². The van der Waals surface area contributed by atoms with Gasteiger partial charge < -0.3 is 9.47 Å². The maximum Gasteiger partial charge on any atom is 0.344 e. The molecule has 0 bridgehead atoms. The number of fused-ring (bicyclic) bond motifs is 1. The van der Waals surface area contributed by atoms with E-state index in [-0.39, 0.29) is 18.8 Å². The van der Waals surface area contributed by atoms with Crippen molar-refractivity contribution in [1.82, 2.24) is 9.38 Å². The standard InChI is InChI=1S/C16H12N2O5S/c19-8-11-1-3-13(4-2-11)22-10-15(21)23-9-12-7-14(20)18-5-6-24-16(18)17-12/h1-8H,9-10H2. The first kappa shape index (κ1) is 15.9. The molecule has 24 heavy (non-hydrogen) atoms. The van der Waals surface area contributed by atoms with Gasteiger partial charge in [0.1, 0.15) is 18.6 Å². The Balaban J connectivity index is 1.54. The van der Waals surface area contributed by atoms with Crippen LogP contribution in [0.1, 0.15) is 16.1 Å². The average Bonchev–Trinajstić information content (AvgIpc) is 3.08. The zero-order valence-corrected chi connectivity index (χ0v) is 13.2. The lowest BCUT2D eigenvalue weighted by Crippen LogP contribution is -2.17. The molecule has 8 heteroatoms. The number of carbonyl (C=O) groups excluding carboxylic acids is 2. The van der Waals surface area contributed by atoms with Crippen LogP contribution in [0.3, 0.4) is 0 Å². The van der Waals surface area contributed by atoms with E-state index in [1.54, 1.807) is 35.8 Å². The Morgan fingerprint density at radius 2 is 2.08 bits per heavy atom. The number of nitrogens with zero attached hydrogens (tertiary/aromatic N) is 2. The third-order valence-corrected chi connectivity index (χ3v) is 3.87. The van der Waals surface area contributed by atoms with Gasteiger partial charge >= 0.3 is 5.97 Å². The van der Waals surface area contributed by atoms with Gasteiger partial charge in [0.05, 0.1) is 5.69 Å². The third-order valence-electron chi connectivity index (χ3n) is 3.11. The van der Waals surface area contributed by atoms with Gasteiger partial charge in [-0.05, 0) is 24.3 Å². The number of benzene rings is 1. The van der Waals surface area contributed by atoms with Crippen LogP contribution in [0.15, 0.2) is 46.7 Å². The van der Waals surface area contributed by atoms with Crippen molar-refractivity contribution >= 4 is 28.6 Å². The summed E-state index contributed by atoms with van der Waals surface area (Å²) in [6.07, 6.45) is 2.35. The summed E-state index contributed by atoms with van der Waals surface area (Å²) in [6.45, 7) is -0.378. The van der Waals surface area contributed by atoms with Crippen molar-refractivity contribution in [3.8, 4) is 5.75 Å². The van der Waals surface area contributed by atoms with E-state index in [0.29, 0.717) is 22.0 Å². The molecule has 0 saturated carbocycles. The highest BCUT2D eigenvalue weighted by atomic mass is 32.1. The Hall–Kier alpha value is -3.00. The minimum atomic E-state index is -0.581. The van der Waals surface area contributed by atoms with Crippen LogP contribution < -0.4 is 10.3 Å². The van der Waals surface area contributed by atoms with E-state index in [0.717, 1.165) is 6.29 Å².